The van der Waals surface area contributed by atoms with Gasteiger partial charge in [0, 0.05) is 19.7 Å². The summed E-state index contributed by atoms with van der Waals surface area (Å²) in [6.45, 7) is 12.9. The van der Waals surface area contributed by atoms with Crippen molar-refractivity contribution in [3.63, 3.8) is 0 Å². The molecule has 0 radical (unpaired) electrons. The molecule has 0 fully saturated rings. The molecule has 0 aliphatic heterocycles. The van der Waals surface area contributed by atoms with Crippen molar-refractivity contribution in [2.24, 2.45) is 5.92 Å². The van der Waals surface area contributed by atoms with Crippen LogP contribution in [0, 0.1) is 5.92 Å². The molecule has 0 aromatic rings. The summed E-state index contributed by atoms with van der Waals surface area (Å²) in [6.07, 6.45) is 1.77. The topological polar surface area (TPSA) is 21.7 Å². The van der Waals surface area contributed by atoms with Crippen molar-refractivity contribution >= 4 is 0 Å². The minimum absolute atomic E-state index is 0.617. The molecule has 0 N–H and O–H groups in total. The number of rotatable bonds is 10. The number of hydrogen-bond donors (Lipinski definition) is 0. The molecule has 0 unspecified atom stereocenters. The van der Waals surface area contributed by atoms with Crippen molar-refractivity contribution in [3.8, 4) is 0 Å². The summed E-state index contributed by atoms with van der Waals surface area (Å²) in [4.78, 5) is 2.21. The maximum atomic E-state index is 5.49. The van der Waals surface area contributed by atoms with E-state index in [4.69, 9.17) is 9.47 Å². The van der Waals surface area contributed by atoms with Gasteiger partial charge in [-0.05, 0) is 13.0 Å². The Labute approximate surface area is 94.1 Å². The highest BCUT2D eigenvalue weighted by Gasteiger charge is 1.98. The molecule has 0 amide bonds. The Morgan fingerprint density at radius 3 is 2.33 bits per heavy atom. The Morgan fingerprint density at radius 1 is 1.20 bits per heavy atom. The summed E-state index contributed by atoms with van der Waals surface area (Å²) in [5.41, 5.74) is 0. The molecule has 3 nitrogen and oxygen atoms in total. The Bertz CT molecular complexity index is 149. The monoisotopic (exact) mass is 215 g/mol. The van der Waals surface area contributed by atoms with Gasteiger partial charge in [-0.15, -0.1) is 6.58 Å². The first-order chi connectivity index (χ1) is 7.16. The lowest BCUT2D eigenvalue weighted by atomic mass is 10.2. The van der Waals surface area contributed by atoms with Crippen molar-refractivity contribution in [2.45, 2.75) is 13.8 Å². The molecular formula is C12H25NO2. The molecule has 0 saturated carbocycles. The summed E-state index contributed by atoms with van der Waals surface area (Å²) in [6, 6.07) is 0. The molecule has 0 atom stereocenters. The lowest BCUT2D eigenvalue weighted by Gasteiger charge is -2.16. The number of nitrogens with zero attached hydrogens (tertiary/aromatic N) is 1. The van der Waals surface area contributed by atoms with Gasteiger partial charge >= 0.3 is 0 Å². The van der Waals surface area contributed by atoms with E-state index in [1.54, 1.807) is 6.08 Å². The summed E-state index contributed by atoms with van der Waals surface area (Å²) >= 11 is 0. The first-order valence-corrected chi connectivity index (χ1v) is 5.61. The quantitative estimate of drug-likeness (QED) is 0.410. The molecule has 0 aromatic heterocycles. The minimum Gasteiger partial charge on any atom is -0.380 e. The van der Waals surface area contributed by atoms with Crippen LogP contribution >= 0.6 is 0 Å². The second-order valence-corrected chi connectivity index (χ2v) is 4.14. The first-order valence-electron chi connectivity index (χ1n) is 5.61. The third kappa shape index (κ3) is 11.5. The molecular weight excluding hydrogens is 190 g/mol. The van der Waals surface area contributed by atoms with E-state index in [0.717, 1.165) is 32.9 Å². The Balaban J connectivity index is 3.18. The van der Waals surface area contributed by atoms with Crippen LogP contribution in [0.4, 0.5) is 0 Å². The molecule has 0 saturated heterocycles. The fourth-order valence-electron chi connectivity index (χ4n) is 1.04. The Kier molecular flexibility index (Phi) is 9.89. The summed E-state index contributed by atoms with van der Waals surface area (Å²) in [5.74, 6) is 0.617. The molecule has 0 rings (SSSR count). The van der Waals surface area contributed by atoms with Crippen molar-refractivity contribution in [1.82, 2.24) is 4.90 Å². The average molecular weight is 215 g/mol. The fraction of sp³-hybridized carbons (Fsp3) is 0.833. The second-order valence-electron chi connectivity index (χ2n) is 4.14. The van der Waals surface area contributed by atoms with Crippen LogP contribution in [0.1, 0.15) is 13.8 Å². The van der Waals surface area contributed by atoms with Crippen molar-refractivity contribution < 1.29 is 9.47 Å². The highest BCUT2D eigenvalue weighted by Crippen LogP contribution is 1.92. The van der Waals surface area contributed by atoms with Crippen molar-refractivity contribution in [1.29, 1.82) is 0 Å². The molecule has 0 aromatic carbocycles. The average Bonchev–Trinajstić information content (AvgIpc) is 2.19. The van der Waals surface area contributed by atoms with Gasteiger partial charge in [0.1, 0.15) is 0 Å². The van der Waals surface area contributed by atoms with Gasteiger partial charge in [-0.1, -0.05) is 19.9 Å². The smallest absolute Gasteiger partial charge is 0.0645 e. The van der Waals surface area contributed by atoms with Crippen molar-refractivity contribution in [2.75, 3.05) is 46.6 Å². The third-order valence-corrected chi connectivity index (χ3v) is 1.92. The second kappa shape index (κ2) is 10.1. The van der Waals surface area contributed by atoms with Crippen LogP contribution in [-0.2, 0) is 9.47 Å². The van der Waals surface area contributed by atoms with Gasteiger partial charge in [0.2, 0.25) is 0 Å². The SMILES string of the molecule is C=CCOCCN(C)CCOCC(C)C. The molecule has 0 spiro atoms. The molecule has 0 aliphatic rings. The van der Waals surface area contributed by atoms with Gasteiger partial charge in [-0.25, -0.2) is 0 Å². The highest BCUT2D eigenvalue weighted by molar-refractivity contribution is 4.64. The van der Waals surface area contributed by atoms with Gasteiger partial charge in [-0.3, -0.25) is 0 Å². The van der Waals surface area contributed by atoms with Gasteiger partial charge in [0.15, 0.2) is 0 Å². The van der Waals surface area contributed by atoms with E-state index in [-0.39, 0.29) is 0 Å². The lowest BCUT2D eigenvalue weighted by Crippen LogP contribution is -2.27. The highest BCUT2D eigenvalue weighted by atomic mass is 16.5. The van der Waals surface area contributed by atoms with E-state index in [1.165, 1.54) is 0 Å². The van der Waals surface area contributed by atoms with Gasteiger partial charge in [0.25, 0.3) is 0 Å². The normalized spacial score (nSPS) is 11.3. The van der Waals surface area contributed by atoms with Crippen LogP contribution in [0.15, 0.2) is 12.7 Å². The van der Waals surface area contributed by atoms with E-state index >= 15 is 0 Å². The van der Waals surface area contributed by atoms with Crippen LogP contribution in [0.25, 0.3) is 0 Å². The zero-order valence-corrected chi connectivity index (χ0v) is 10.4. The van der Waals surface area contributed by atoms with Gasteiger partial charge in [-0.2, -0.15) is 0 Å². The Hall–Kier alpha value is -0.380. The zero-order chi connectivity index (χ0) is 11.5. The van der Waals surface area contributed by atoms with E-state index in [9.17, 15) is 0 Å². The van der Waals surface area contributed by atoms with Crippen LogP contribution in [0.2, 0.25) is 0 Å². The molecule has 15 heavy (non-hydrogen) atoms. The fourth-order valence-corrected chi connectivity index (χ4v) is 1.04. The van der Waals surface area contributed by atoms with Crippen molar-refractivity contribution in [3.05, 3.63) is 12.7 Å². The van der Waals surface area contributed by atoms with Crippen LogP contribution in [-0.4, -0.2) is 51.5 Å². The minimum atomic E-state index is 0.617. The maximum Gasteiger partial charge on any atom is 0.0645 e. The molecule has 90 valence electrons. The summed E-state index contributed by atoms with van der Waals surface area (Å²) in [5, 5.41) is 0. The van der Waals surface area contributed by atoms with E-state index in [2.05, 4.69) is 32.4 Å². The summed E-state index contributed by atoms with van der Waals surface area (Å²) < 4.78 is 10.8. The first kappa shape index (κ1) is 14.6. The zero-order valence-electron chi connectivity index (χ0n) is 10.4. The third-order valence-electron chi connectivity index (χ3n) is 1.92. The largest absolute Gasteiger partial charge is 0.380 e. The molecule has 0 bridgehead atoms. The van der Waals surface area contributed by atoms with Crippen LogP contribution in [0.3, 0.4) is 0 Å². The summed E-state index contributed by atoms with van der Waals surface area (Å²) in [7, 11) is 2.08. The van der Waals surface area contributed by atoms with Gasteiger partial charge in [0.05, 0.1) is 19.8 Å². The molecule has 3 heteroatoms. The predicted octanol–water partition coefficient (Wildman–Crippen LogP) is 1.79. The number of hydrogen-bond acceptors (Lipinski definition) is 3. The van der Waals surface area contributed by atoms with Crippen LogP contribution < -0.4 is 0 Å². The predicted molar refractivity (Wildman–Crippen MR) is 64.2 cm³/mol. The number of ether oxygens (including phenoxy) is 2. The maximum absolute atomic E-state index is 5.49. The molecule has 0 aliphatic carbocycles. The molecule has 0 heterocycles. The van der Waals surface area contributed by atoms with Gasteiger partial charge < -0.3 is 14.4 Å². The Morgan fingerprint density at radius 2 is 1.80 bits per heavy atom. The van der Waals surface area contributed by atoms with E-state index in [1.807, 2.05) is 0 Å². The number of likely N-dealkylation sites (N-methyl/N-ethyl adjacent to an activating group) is 1. The van der Waals surface area contributed by atoms with Crippen LogP contribution in [0.5, 0.6) is 0 Å². The van der Waals surface area contributed by atoms with E-state index < -0.39 is 0 Å². The standard InChI is InChI=1S/C12H25NO2/c1-5-8-14-9-6-13(4)7-10-15-11-12(2)3/h5,12H,1,6-11H2,2-4H3. The van der Waals surface area contributed by atoms with E-state index in [0.29, 0.717) is 12.5 Å². The lowest BCUT2D eigenvalue weighted by molar-refractivity contribution is 0.0791.